The third-order valence-electron chi connectivity index (χ3n) is 4.19. The maximum absolute atomic E-state index is 13.5. The molecule has 2 aromatic heterocycles. The number of hydrogen-bond donors (Lipinski definition) is 0. The number of para-hydroxylation sites is 1. The molecule has 0 atom stereocenters. The van der Waals surface area contributed by atoms with Crippen molar-refractivity contribution in [3.8, 4) is 0 Å². The molecule has 6 heteroatoms. The number of rotatable bonds is 3. The second kappa shape index (κ2) is 6.46. The first-order valence-electron chi connectivity index (χ1n) is 8.18. The quantitative estimate of drug-likeness (QED) is 0.534. The van der Waals surface area contributed by atoms with Crippen molar-refractivity contribution in [2.75, 3.05) is 7.05 Å². The molecule has 4 rings (SSSR count). The number of fused-ring (bicyclic) bond motifs is 2. The van der Waals surface area contributed by atoms with Crippen molar-refractivity contribution in [3.63, 3.8) is 0 Å². The van der Waals surface area contributed by atoms with Gasteiger partial charge in [-0.3, -0.25) is 9.78 Å². The molecule has 1 amide bonds. The van der Waals surface area contributed by atoms with Gasteiger partial charge in [-0.2, -0.15) is 0 Å². The normalized spacial score (nSPS) is 11.2. The van der Waals surface area contributed by atoms with Crippen LogP contribution in [0.4, 0.5) is 4.39 Å². The minimum atomic E-state index is -0.364. The summed E-state index contributed by atoms with van der Waals surface area (Å²) in [6, 6.07) is 14.0. The molecule has 0 saturated heterocycles. The summed E-state index contributed by atoms with van der Waals surface area (Å²) >= 11 is 1.58. The van der Waals surface area contributed by atoms with E-state index in [2.05, 4.69) is 9.97 Å². The number of thiazole rings is 1. The number of aromatic nitrogens is 2. The fraction of sp³-hybridized carbons (Fsp3) is 0.150. The van der Waals surface area contributed by atoms with E-state index in [0.717, 1.165) is 15.2 Å². The lowest BCUT2D eigenvalue weighted by Gasteiger charge is -2.17. The number of pyridine rings is 1. The molecular weight excluding hydrogens is 349 g/mol. The molecule has 0 aliphatic carbocycles. The molecule has 0 bridgehead atoms. The van der Waals surface area contributed by atoms with E-state index in [9.17, 15) is 9.18 Å². The first-order chi connectivity index (χ1) is 12.5. The maximum atomic E-state index is 13.5. The van der Waals surface area contributed by atoms with E-state index >= 15 is 0 Å². The Balaban J connectivity index is 1.67. The van der Waals surface area contributed by atoms with Gasteiger partial charge in [0.2, 0.25) is 0 Å². The molecule has 0 N–H and O–H groups in total. The molecule has 0 spiro atoms. The minimum absolute atomic E-state index is 0.133. The SMILES string of the molecule is Cc1cc(C(=O)N(C)Cc2nc3ccccc3s2)c2ccc(F)cc2n1. The summed E-state index contributed by atoms with van der Waals surface area (Å²) in [5.41, 5.74) is 2.63. The van der Waals surface area contributed by atoms with Gasteiger partial charge in [-0.15, -0.1) is 11.3 Å². The van der Waals surface area contributed by atoms with Crippen LogP contribution in [0.15, 0.2) is 48.5 Å². The standard InChI is InChI=1S/C20H16FN3OS/c1-12-9-15(14-8-7-13(21)10-17(14)22-12)20(25)24(2)11-19-23-16-5-3-4-6-18(16)26-19/h3-10H,11H2,1-2H3. The maximum Gasteiger partial charge on any atom is 0.254 e. The number of nitrogens with zero attached hydrogens (tertiary/aromatic N) is 3. The average molecular weight is 365 g/mol. The number of carbonyl (C=O) groups is 1. The van der Waals surface area contributed by atoms with Crippen molar-refractivity contribution in [1.29, 1.82) is 0 Å². The smallest absolute Gasteiger partial charge is 0.254 e. The van der Waals surface area contributed by atoms with Crippen molar-refractivity contribution in [3.05, 3.63) is 70.6 Å². The van der Waals surface area contributed by atoms with Crippen LogP contribution < -0.4 is 0 Å². The number of hydrogen-bond acceptors (Lipinski definition) is 4. The van der Waals surface area contributed by atoms with Crippen LogP contribution in [0, 0.1) is 12.7 Å². The molecule has 26 heavy (non-hydrogen) atoms. The van der Waals surface area contributed by atoms with Crippen LogP contribution in [0.2, 0.25) is 0 Å². The van der Waals surface area contributed by atoms with Gasteiger partial charge in [0.15, 0.2) is 0 Å². The second-order valence-corrected chi connectivity index (χ2v) is 7.32. The average Bonchev–Trinajstić information content (AvgIpc) is 3.02. The van der Waals surface area contributed by atoms with Crippen LogP contribution in [0.3, 0.4) is 0 Å². The zero-order valence-electron chi connectivity index (χ0n) is 14.4. The summed E-state index contributed by atoms with van der Waals surface area (Å²) in [6.45, 7) is 2.22. The Bertz CT molecular complexity index is 1100. The minimum Gasteiger partial charge on any atom is -0.335 e. The Morgan fingerprint density at radius 1 is 1.12 bits per heavy atom. The second-order valence-electron chi connectivity index (χ2n) is 6.21. The first-order valence-corrected chi connectivity index (χ1v) is 9.00. The van der Waals surface area contributed by atoms with Crippen molar-refractivity contribution in [1.82, 2.24) is 14.9 Å². The Morgan fingerprint density at radius 2 is 1.92 bits per heavy atom. The fourth-order valence-electron chi connectivity index (χ4n) is 2.98. The lowest BCUT2D eigenvalue weighted by atomic mass is 10.1. The summed E-state index contributed by atoms with van der Waals surface area (Å²) < 4.78 is 14.6. The number of aryl methyl sites for hydroxylation is 1. The zero-order valence-corrected chi connectivity index (χ0v) is 15.2. The van der Waals surface area contributed by atoms with E-state index < -0.39 is 0 Å². The van der Waals surface area contributed by atoms with Crippen molar-refractivity contribution in [2.24, 2.45) is 0 Å². The predicted octanol–water partition coefficient (Wildman–Crippen LogP) is 4.56. The van der Waals surface area contributed by atoms with Gasteiger partial charge in [0, 0.05) is 24.2 Å². The highest BCUT2D eigenvalue weighted by Crippen LogP contribution is 2.24. The number of halogens is 1. The molecule has 0 fully saturated rings. The molecule has 130 valence electrons. The van der Waals surface area contributed by atoms with E-state index in [4.69, 9.17) is 0 Å². The number of amides is 1. The van der Waals surface area contributed by atoms with E-state index in [1.807, 2.05) is 24.3 Å². The fourth-order valence-corrected chi connectivity index (χ4v) is 4.00. The first kappa shape index (κ1) is 16.6. The van der Waals surface area contributed by atoms with Crippen LogP contribution in [0.1, 0.15) is 21.1 Å². The molecule has 0 unspecified atom stereocenters. The van der Waals surface area contributed by atoms with Crippen LogP contribution in [-0.4, -0.2) is 27.8 Å². The Kier molecular flexibility index (Phi) is 4.12. The summed E-state index contributed by atoms with van der Waals surface area (Å²) in [5.74, 6) is -0.497. The van der Waals surface area contributed by atoms with E-state index in [-0.39, 0.29) is 11.7 Å². The molecule has 2 heterocycles. The summed E-state index contributed by atoms with van der Waals surface area (Å²) in [7, 11) is 1.75. The summed E-state index contributed by atoms with van der Waals surface area (Å²) in [4.78, 5) is 23.5. The summed E-state index contributed by atoms with van der Waals surface area (Å²) in [5, 5.41) is 1.53. The van der Waals surface area contributed by atoms with Crippen molar-refractivity contribution < 1.29 is 9.18 Å². The van der Waals surface area contributed by atoms with Crippen molar-refractivity contribution >= 4 is 38.4 Å². The van der Waals surface area contributed by atoms with Crippen LogP contribution in [0.5, 0.6) is 0 Å². The summed E-state index contributed by atoms with van der Waals surface area (Å²) in [6.07, 6.45) is 0. The molecule has 0 radical (unpaired) electrons. The van der Waals surface area contributed by atoms with Crippen LogP contribution in [0.25, 0.3) is 21.1 Å². The Labute approximate surface area is 153 Å². The number of carbonyl (C=O) groups excluding carboxylic acids is 1. The monoisotopic (exact) mass is 365 g/mol. The third-order valence-corrected chi connectivity index (χ3v) is 5.21. The van der Waals surface area contributed by atoms with Gasteiger partial charge in [0.1, 0.15) is 10.8 Å². The topological polar surface area (TPSA) is 46.1 Å². The highest BCUT2D eigenvalue weighted by atomic mass is 32.1. The highest BCUT2D eigenvalue weighted by molar-refractivity contribution is 7.18. The largest absolute Gasteiger partial charge is 0.335 e. The molecule has 0 aliphatic heterocycles. The van der Waals surface area contributed by atoms with Crippen molar-refractivity contribution in [2.45, 2.75) is 13.5 Å². The highest BCUT2D eigenvalue weighted by Gasteiger charge is 2.18. The zero-order chi connectivity index (χ0) is 18.3. The van der Waals surface area contributed by atoms with Crippen LogP contribution in [-0.2, 0) is 6.54 Å². The molecule has 2 aromatic carbocycles. The van der Waals surface area contributed by atoms with E-state index in [1.54, 1.807) is 42.3 Å². The van der Waals surface area contributed by atoms with E-state index in [0.29, 0.717) is 28.7 Å². The lowest BCUT2D eigenvalue weighted by Crippen LogP contribution is -2.26. The van der Waals surface area contributed by atoms with Gasteiger partial charge in [0.05, 0.1) is 27.8 Å². The lowest BCUT2D eigenvalue weighted by molar-refractivity contribution is 0.0787. The molecular formula is C20H16FN3OS. The van der Waals surface area contributed by atoms with Gasteiger partial charge >= 0.3 is 0 Å². The van der Waals surface area contributed by atoms with Gasteiger partial charge in [0.25, 0.3) is 5.91 Å². The molecule has 4 aromatic rings. The number of benzene rings is 2. The van der Waals surface area contributed by atoms with Gasteiger partial charge in [-0.05, 0) is 37.3 Å². The van der Waals surface area contributed by atoms with Gasteiger partial charge in [-0.25, -0.2) is 9.37 Å². The molecule has 0 saturated carbocycles. The Morgan fingerprint density at radius 3 is 2.73 bits per heavy atom. The third kappa shape index (κ3) is 3.04. The van der Waals surface area contributed by atoms with E-state index in [1.165, 1.54) is 12.1 Å². The van der Waals surface area contributed by atoms with Gasteiger partial charge in [-0.1, -0.05) is 12.1 Å². The van der Waals surface area contributed by atoms with Crippen LogP contribution >= 0.6 is 11.3 Å². The van der Waals surface area contributed by atoms with Gasteiger partial charge < -0.3 is 4.90 Å². The Hall–Kier alpha value is -2.86. The predicted molar refractivity (Wildman–Crippen MR) is 102 cm³/mol. The molecule has 0 aliphatic rings. The molecule has 4 nitrogen and oxygen atoms in total.